The van der Waals surface area contributed by atoms with Gasteiger partial charge in [-0.1, -0.05) is 50.6 Å². The molecule has 0 fully saturated rings. The molecule has 37 heavy (non-hydrogen) atoms. The van der Waals surface area contributed by atoms with E-state index in [1.54, 1.807) is 37.3 Å². The fourth-order valence-corrected chi connectivity index (χ4v) is 3.30. The summed E-state index contributed by atoms with van der Waals surface area (Å²) in [5, 5.41) is 34.3. The third-order valence-electron chi connectivity index (χ3n) is 5.75. The molecule has 204 valence electrons. The Bertz CT molecular complexity index is 970. The summed E-state index contributed by atoms with van der Waals surface area (Å²) in [6.07, 6.45) is -1.16. The summed E-state index contributed by atoms with van der Waals surface area (Å²) in [6, 6.07) is 2.99. The summed E-state index contributed by atoms with van der Waals surface area (Å²) in [7, 11) is 0. The van der Waals surface area contributed by atoms with Gasteiger partial charge in [0.05, 0.1) is 12.5 Å². The van der Waals surface area contributed by atoms with Gasteiger partial charge in [0.1, 0.15) is 18.1 Å². The second-order valence-electron chi connectivity index (χ2n) is 8.65. The van der Waals surface area contributed by atoms with Crippen LogP contribution >= 0.6 is 0 Å². The summed E-state index contributed by atoms with van der Waals surface area (Å²) in [5.41, 5.74) is 6.52. The first kappa shape index (κ1) is 31.0. The molecule has 1 aromatic rings. The molecular formula is C24H34N4O9. The van der Waals surface area contributed by atoms with Gasteiger partial charge < -0.3 is 37.0 Å². The lowest BCUT2D eigenvalue weighted by Gasteiger charge is -2.26. The van der Waals surface area contributed by atoms with E-state index in [4.69, 9.17) is 15.9 Å². The molecule has 0 saturated carbocycles. The largest absolute Gasteiger partial charge is 0.481 e. The minimum Gasteiger partial charge on any atom is -0.481 e. The number of hydrogen-bond donors (Lipinski definition) is 7. The van der Waals surface area contributed by atoms with Gasteiger partial charge in [-0.05, 0) is 17.9 Å². The predicted molar refractivity (Wildman–Crippen MR) is 130 cm³/mol. The molecule has 1 rings (SSSR count). The van der Waals surface area contributed by atoms with Crippen molar-refractivity contribution in [1.82, 2.24) is 16.0 Å². The molecule has 0 aliphatic rings. The van der Waals surface area contributed by atoms with Gasteiger partial charge in [0.15, 0.2) is 0 Å². The molecule has 13 nitrogen and oxygen atoms in total. The number of carbonyl (C=O) groups is 6. The average molecular weight is 523 g/mol. The van der Waals surface area contributed by atoms with E-state index in [2.05, 4.69) is 16.0 Å². The second kappa shape index (κ2) is 15.2. The Kier molecular flexibility index (Phi) is 12.7. The molecule has 5 atom stereocenters. The van der Waals surface area contributed by atoms with Crippen molar-refractivity contribution < 1.29 is 44.1 Å². The molecule has 0 radical (unpaired) electrons. The van der Waals surface area contributed by atoms with Crippen molar-refractivity contribution >= 4 is 35.6 Å². The molecule has 0 spiro atoms. The molecule has 5 unspecified atom stereocenters. The molecule has 1 aromatic carbocycles. The quantitative estimate of drug-likeness (QED) is 0.147. The van der Waals surface area contributed by atoms with Crippen molar-refractivity contribution in [3.8, 4) is 0 Å². The minimum absolute atomic E-state index is 0.0934. The van der Waals surface area contributed by atoms with Gasteiger partial charge in [-0.15, -0.1) is 0 Å². The number of carboxylic acids is 3. The number of benzene rings is 1. The van der Waals surface area contributed by atoms with Gasteiger partial charge >= 0.3 is 17.9 Å². The van der Waals surface area contributed by atoms with E-state index in [9.17, 15) is 33.9 Å². The topological polar surface area (TPSA) is 225 Å². The van der Waals surface area contributed by atoms with Gasteiger partial charge in [-0.2, -0.15) is 0 Å². The van der Waals surface area contributed by atoms with E-state index in [0.717, 1.165) is 0 Å². The number of hydrogen-bond acceptors (Lipinski definition) is 7. The summed E-state index contributed by atoms with van der Waals surface area (Å²) >= 11 is 0. The SMILES string of the molecule is CCC(C)C(N)C(=O)NC(CCC(=O)O)C(=O)NC(Cc1ccccc1)C(=O)NC(CC(=O)O)C(=O)O. The van der Waals surface area contributed by atoms with Crippen LogP contribution in [-0.4, -0.2) is 75.1 Å². The molecule has 8 N–H and O–H groups in total. The van der Waals surface area contributed by atoms with Crippen molar-refractivity contribution in [2.24, 2.45) is 11.7 Å². The lowest BCUT2D eigenvalue weighted by molar-refractivity contribution is -0.147. The monoisotopic (exact) mass is 522 g/mol. The van der Waals surface area contributed by atoms with E-state index in [1.807, 2.05) is 6.92 Å². The van der Waals surface area contributed by atoms with Crippen LogP contribution in [-0.2, 0) is 35.2 Å². The first-order chi connectivity index (χ1) is 17.3. The second-order valence-corrected chi connectivity index (χ2v) is 8.65. The highest BCUT2D eigenvalue weighted by atomic mass is 16.4. The number of carboxylic acid groups (broad SMARTS) is 3. The van der Waals surface area contributed by atoms with Gasteiger partial charge in [0, 0.05) is 12.8 Å². The Labute approximate surface area is 213 Å². The molecule has 0 aromatic heterocycles. The molecule has 0 aliphatic heterocycles. The van der Waals surface area contributed by atoms with Crippen LogP contribution < -0.4 is 21.7 Å². The zero-order chi connectivity index (χ0) is 28.1. The van der Waals surface area contributed by atoms with Crippen molar-refractivity contribution in [1.29, 1.82) is 0 Å². The number of rotatable bonds is 16. The third kappa shape index (κ3) is 11.1. The molecule has 0 bridgehead atoms. The van der Waals surface area contributed by atoms with Crippen molar-refractivity contribution in [3.05, 3.63) is 35.9 Å². The third-order valence-corrected chi connectivity index (χ3v) is 5.75. The number of amides is 3. The summed E-state index contributed by atoms with van der Waals surface area (Å²) in [6.45, 7) is 3.57. The van der Waals surface area contributed by atoms with Crippen LogP contribution in [0.1, 0.15) is 45.1 Å². The van der Waals surface area contributed by atoms with E-state index in [-0.39, 0.29) is 18.8 Å². The highest BCUT2D eigenvalue weighted by Crippen LogP contribution is 2.09. The molecule has 0 heterocycles. The number of nitrogens with one attached hydrogen (secondary N) is 3. The van der Waals surface area contributed by atoms with Crippen molar-refractivity contribution in [2.75, 3.05) is 0 Å². The lowest BCUT2D eigenvalue weighted by Crippen LogP contribution is -2.58. The zero-order valence-corrected chi connectivity index (χ0v) is 20.7. The highest BCUT2D eigenvalue weighted by Gasteiger charge is 2.32. The molecule has 13 heteroatoms. The smallest absolute Gasteiger partial charge is 0.326 e. The maximum atomic E-state index is 13.1. The van der Waals surface area contributed by atoms with E-state index in [1.165, 1.54) is 0 Å². The highest BCUT2D eigenvalue weighted by molar-refractivity contribution is 5.95. The Morgan fingerprint density at radius 3 is 1.86 bits per heavy atom. The first-order valence-electron chi connectivity index (χ1n) is 11.7. The van der Waals surface area contributed by atoms with Crippen LogP contribution in [0.2, 0.25) is 0 Å². The van der Waals surface area contributed by atoms with Crippen LogP contribution in [0, 0.1) is 5.92 Å². The molecule has 3 amide bonds. The van der Waals surface area contributed by atoms with E-state index >= 15 is 0 Å². The van der Waals surface area contributed by atoms with Crippen LogP contribution in [0.15, 0.2) is 30.3 Å². The molecule has 0 saturated heterocycles. The van der Waals surface area contributed by atoms with Crippen molar-refractivity contribution in [3.63, 3.8) is 0 Å². The average Bonchev–Trinajstić information content (AvgIpc) is 2.84. The van der Waals surface area contributed by atoms with E-state index in [0.29, 0.717) is 12.0 Å². The Morgan fingerprint density at radius 2 is 1.35 bits per heavy atom. The first-order valence-corrected chi connectivity index (χ1v) is 11.7. The number of carbonyl (C=O) groups excluding carboxylic acids is 3. The maximum Gasteiger partial charge on any atom is 0.326 e. The fraction of sp³-hybridized carbons (Fsp3) is 0.500. The van der Waals surface area contributed by atoms with Crippen LogP contribution in [0.25, 0.3) is 0 Å². The van der Waals surface area contributed by atoms with Gasteiger partial charge in [0.25, 0.3) is 0 Å². The predicted octanol–water partition coefficient (Wildman–Crippen LogP) is -0.519. The van der Waals surface area contributed by atoms with Crippen LogP contribution in [0.3, 0.4) is 0 Å². The van der Waals surface area contributed by atoms with Crippen LogP contribution in [0.4, 0.5) is 0 Å². The normalized spacial score (nSPS) is 14.8. The Balaban J connectivity index is 3.17. The van der Waals surface area contributed by atoms with Gasteiger partial charge in [-0.25, -0.2) is 4.79 Å². The Hall–Kier alpha value is -4.00. The number of aliphatic carboxylic acids is 3. The van der Waals surface area contributed by atoms with Crippen LogP contribution in [0.5, 0.6) is 0 Å². The summed E-state index contributed by atoms with van der Waals surface area (Å²) in [5.74, 6) is -6.98. The zero-order valence-electron chi connectivity index (χ0n) is 20.7. The van der Waals surface area contributed by atoms with Gasteiger partial charge in [0.2, 0.25) is 17.7 Å². The maximum absolute atomic E-state index is 13.1. The fourth-order valence-electron chi connectivity index (χ4n) is 3.30. The molecule has 0 aliphatic carbocycles. The van der Waals surface area contributed by atoms with E-state index < -0.39 is 72.6 Å². The lowest BCUT2D eigenvalue weighted by atomic mass is 9.98. The van der Waals surface area contributed by atoms with Crippen molar-refractivity contribution in [2.45, 2.75) is 70.1 Å². The minimum atomic E-state index is -1.75. The summed E-state index contributed by atoms with van der Waals surface area (Å²) < 4.78 is 0. The molecular weight excluding hydrogens is 488 g/mol. The Morgan fingerprint density at radius 1 is 0.811 bits per heavy atom. The summed E-state index contributed by atoms with van der Waals surface area (Å²) in [4.78, 5) is 72.1. The standard InChI is InChI=1S/C24H34N4O9/c1-3-13(2)20(25)23(35)26-15(9-10-18(29)30)21(33)27-16(11-14-7-5-4-6-8-14)22(34)28-17(24(36)37)12-19(31)32/h4-8,13,15-17,20H,3,9-12,25H2,1-2H3,(H,26,35)(H,27,33)(H,28,34)(H,29,30)(H,31,32)(H,36,37). The van der Waals surface area contributed by atoms with Gasteiger partial charge in [-0.3, -0.25) is 24.0 Å². The number of nitrogens with two attached hydrogens (primary N) is 1.